The topological polar surface area (TPSA) is 93.3 Å². The molecule has 92 valence electrons. The molecule has 2 rings (SSSR count). The van der Waals surface area contributed by atoms with Gasteiger partial charge in [-0.25, -0.2) is 0 Å². The Bertz CT molecular complexity index is 449. The monoisotopic (exact) mass is 276 g/mol. The zero-order valence-corrected chi connectivity index (χ0v) is 10.5. The molecule has 0 aliphatic rings. The zero-order chi connectivity index (χ0) is 12.9. The third-order valence-electron chi connectivity index (χ3n) is 1.81. The Morgan fingerprint density at radius 3 is 2.12 bits per heavy atom. The number of halogens is 1. The maximum absolute atomic E-state index is 8.60. The van der Waals surface area contributed by atoms with E-state index in [2.05, 4.69) is 47.5 Å². The maximum Gasteiger partial charge on any atom is 0.268 e. The highest BCUT2D eigenvalue weighted by Gasteiger charge is 2.08. The highest BCUT2D eigenvalue weighted by molar-refractivity contribution is 7.12. The summed E-state index contributed by atoms with van der Waals surface area (Å²) in [5.74, 6) is 0. The minimum atomic E-state index is -4.69. The van der Waals surface area contributed by atoms with Gasteiger partial charge in [-0.05, 0) is 12.1 Å². The van der Waals surface area contributed by atoms with E-state index >= 15 is 0 Å². The Morgan fingerprint density at radius 2 is 1.71 bits per heavy atom. The molecule has 0 aliphatic heterocycles. The summed E-state index contributed by atoms with van der Waals surface area (Å²) >= 11 is 1.77. The fourth-order valence-electron chi connectivity index (χ4n) is 1.19. The van der Waals surface area contributed by atoms with Gasteiger partial charge in [0, 0.05) is 0 Å². The van der Waals surface area contributed by atoms with Gasteiger partial charge in [-0.3, -0.25) is 0 Å². The molecule has 1 aromatic heterocycles. The summed E-state index contributed by atoms with van der Waals surface area (Å²) in [6.07, 6.45) is 2.08. The van der Waals surface area contributed by atoms with Crippen molar-refractivity contribution < 1.29 is 33.4 Å². The minimum absolute atomic E-state index is 1.29. The van der Waals surface area contributed by atoms with Gasteiger partial charge in [0.2, 0.25) is 0 Å². The lowest BCUT2D eigenvalue weighted by Crippen LogP contribution is -2.58. The van der Waals surface area contributed by atoms with Gasteiger partial charge in [-0.1, -0.05) is 29.5 Å². The van der Waals surface area contributed by atoms with Crippen LogP contribution in [0.15, 0.2) is 41.9 Å². The molecule has 0 radical (unpaired) electrons. The molecule has 0 amide bonds. The van der Waals surface area contributed by atoms with Crippen LogP contribution in [-0.2, 0) is 7.05 Å². The van der Waals surface area contributed by atoms with E-state index < -0.39 is 10.2 Å². The van der Waals surface area contributed by atoms with Crippen LogP contribution in [0.5, 0.6) is 0 Å². The summed E-state index contributed by atoms with van der Waals surface area (Å²) < 4.78 is 34.9. The molecular formula is C10H11ClNO4S+. The van der Waals surface area contributed by atoms with E-state index in [0.717, 1.165) is 0 Å². The minimum Gasteiger partial charge on any atom is -0.191 e. The second-order valence-electron chi connectivity index (χ2n) is 3.08. The van der Waals surface area contributed by atoms with Gasteiger partial charge in [-0.15, -0.1) is 0 Å². The Kier molecular flexibility index (Phi) is 5.01. The number of thiazole rings is 1. The molecule has 1 N–H and O–H groups in total. The number of rotatable bonds is 1. The average molecular weight is 277 g/mol. The van der Waals surface area contributed by atoms with Crippen molar-refractivity contribution in [1.29, 1.82) is 0 Å². The van der Waals surface area contributed by atoms with E-state index in [1.807, 2.05) is 6.07 Å². The molecule has 0 aliphatic carbocycles. The average Bonchev–Trinajstić information content (AvgIpc) is 2.63. The first-order chi connectivity index (χ1) is 7.88. The Labute approximate surface area is 105 Å². The molecule has 2 aromatic rings. The Morgan fingerprint density at radius 1 is 1.18 bits per heavy atom. The molecule has 0 saturated carbocycles. The summed E-state index contributed by atoms with van der Waals surface area (Å²) in [5.41, 5.74) is 1.29. The second-order valence-corrected chi connectivity index (χ2v) is 4.77. The van der Waals surface area contributed by atoms with Crippen molar-refractivity contribution >= 4 is 11.3 Å². The largest absolute Gasteiger partial charge is 0.268 e. The number of benzene rings is 1. The van der Waals surface area contributed by atoms with Crippen molar-refractivity contribution in [2.75, 3.05) is 0 Å². The van der Waals surface area contributed by atoms with Crippen LogP contribution in [0.3, 0.4) is 0 Å². The molecule has 1 heterocycles. The zero-order valence-electron chi connectivity index (χ0n) is 8.95. The van der Waals surface area contributed by atoms with E-state index in [1.54, 1.807) is 11.3 Å². The third-order valence-corrected chi connectivity index (χ3v) is 2.81. The Balaban J connectivity index is 0.000000249. The van der Waals surface area contributed by atoms with Crippen LogP contribution < -0.4 is 18.5 Å². The van der Waals surface area contributed by atoms with Crippen molar-refractivity contribution in [3.8, 4) is 10.6 Å². The van der Waals surface area contributed by atoms with Crippen molar-refractivity contribution in [3.05, 3.63) is 41.9 Å². The number of nitrogens with zero attached hydrogens (tertiary/aromatic N) is 1. The molecule has 0 fully saturated rings. The van der Waals surface area contributed by atoms with E-state index in [0.29, 0.717) is 0 Å². The number of hydrogen-bond acceptors (Lipinski definition) is 5. The standard InChI is InChI=1S/C10H10NS.ClHO4/c1-11-7-8-12-10(11)9-5-3-2-4-6-9;2-1(3,4)5/h2-8H,1H3;(H,2,3,4,5)/q+1;. The van der Waals surface area contributed by atoms with Crippen molar-refractivity contribution in [3.63, 3.8) is 0 Å². The van der Waals surface area contributed by atoms with E-state index in [-0.39, 0.29) is 0 Å². The first kappa shape index (κ1) is 14.0. The fraction of sp³-hybridized carbons (Fsp3) is 0.100. The van der Waals surface area contributed by atoms with Crippen LogP contribution in [0.1, 0.15) is 0 Å². The lowest BCUT2D eigenvalue weighted by Gasteiger charge is -2.03. The molecule has 0 unspecified atom stereocenters. The predicted octanol–water partition coefficient (Wildman–Crippen LogP) is -1.88. The van der Waals surface area contributed by atoms with Crippen LogP contribution in [0.4, 0.5) is 0 Å². The normalized spacial score (nSPS) is 10.6. The molecule has 17 heavy (non-hydrogen) atoms. The molecule has 0 saturated heterocycles. The van der Waals surface area contributed by atoms with E-state index in [1.165, 1.54) is 10.6 Å². The van der Waals surface area contributed by atoms with Crippen LogP contribution in [0.25, 0.3) is 10.6 Å². The predicted molar refractivity (Wildman–Crippen MR) is 53.1 cm³/mol. The second kappa shape index (κ2) is 6.06. The van der Waals surface area contributed by atoms with Crippen LogP contribution in [0, 0.1) is 10.2 Å². The van der Waals surface area contributed by atoms with Gasteiger partial charge in [0.15, 0.2) is 6.20 Å². The molecule has 1 aromatic carbocycles. The van der Waals surface area contributed by atoms with Crippen molar-refractivity contribution in [1.82, 2.24) is 0 Å². The summed E-state index contributed by atoms with van der Waals surface area (Å²) in [6, 6.07) is 10.4. The molecule has 0 bridgehead atoms. The Hall–Kier alpha value is -1.02. The molecule has 5 nitrogen and oxygen atoms in total. The van der Waals surface area contributed by atoms with Crippen molar-refractivity contribution in [2.24, 2.45) is 7.05 Å². The first-order valence-corrected chi connectivity index (χ1v) is 6.64. The molecule has 0 spiro atoms. The highest BCUT2D eigenvalue weighted by Crippen LogP contribution is 2.18. The molecule has 0 atom stereocenters. The summed E-state index contributed by atoms with van der Waals surface area (Å²) in [6.45, 7) is 0. The maximum atomic E-state index is 8.60. The summed E-state index contributed by atoms with van der Waals surface area (Å²) in [4.78, 5) is 0. The quantitative estimate of drug-likeness (QED) is 0.617. The smallest absolute Gasteiger partial charge is 0.191 e. The SMILES string of the molecule is C[n+]1ccsc1-c1ccccc1.[O-][Cl+3]([O-])([O-])O. The number of hydrogen-bond donors (Lipinski definition) is 1. The van der Waals surface area contributed by atoms with Crippen molar-refractivity contribution in [2.45, 2.75) is 0 Å². The number of aryl methyl sites for hydroxylation is 1. The van der Waals surface area contributed by atoms with Crippen LogP contribution >= 0.6 is 11.3 Å². The van der Waals surface area contributed by atoms with Gasteiger partial charge in [0.1, 0.15) is 7.05 Å². The fourth-order valence-corrected chi connectivity index (χ4v) is 2.06. The van der Waals surface area contributed by atoms with Gasteiger partial charge in [0.25, 0.3) is 5.01 Å². The lowest BCUT2D eigenvalue weighted by molar-refractivity contribution is -1.92. The van der Waals surface area contributed by atoms with Gasteiger partial charge in [-0.2, -0.15) is 18.5 Å². The third kappa shape index (κ3) is 5.73. The van der Waals surface area contributed by atoms with E-state index in [4.69, 9.17) is 18.6 Å². The van der Waals surface area contributed by atoms with Crippen LogP contribution in [-0.4, -0.2) is 4.66 Å². The van der Waals surface area contributed by atoms with Crippen LogP contribution in [0.2, 0.25) is 0 Å². The van der Waals surface area contributed by atoms with Gasteiger partial charge in [0.05, 0.1) is 25.8 Å². The molecular weight excluding hydrogens is 266 g/mol. The highest BCUT2D eigenvalue weighted by atomic mass is 35.7. The summed E-state index contributed by atoms with van der Waals surface area (Å²) in [5, 5.41) is 3.40. The van der Waals surface area contributed by atoms with Gasteiger partial charge < -0.3 is 0 Å². The van der Waals surface area contributed by atoms with E-state index in [9.17, 15) is 0 Å². The first-order valence-electron chi connectivity index (χ1n) is 4.49. The number of aromatic nitrogens is 1. The molecule has 7 heteroatoms. The van der Waals surface area contributed by atoms with Gasteiger partial charge >= 0.3 is 0 Å². The lowest BCUT2D eigenvalue weighted by atomic mass is 10.2. The summed E-state index contributed by atoms with van der Waals surface area (Å²) in [7, 11) is -2.63.